The van der Waals surface area contributed by atoms with Crippen LogP contribution in [0.15, 0.2) is 24.5 Å². The highest BCUT2D eigenvalue weighted by Gasteiger charge is 2.14. The molecule has 0 amide bonds. The molecule has 0 atom stereocenters. The first-order valence-electron chi connectivity index (χ1n) is 5.49. The van der Waals surface area contributed by atoms with E-state index in [1.54, 1.807) is 0 Å². The summed E-state index contributed by atoms with van der Waals surface area (Å²) in [6.07, 6.45) is 2.30. The van der Waals surface area contributed by atoms with Crippen LogP contribution in [0.2, 0.25) is 0 Å². The third-order valence-corrected chi connectivity index (χ3v) is 2.67. The molecule has 1 N–H and O–H groups in total. The van der Waals surface area contributed by atoms with Crippen LogP contribution >= 0.6 is 0 Å². The number of alkyl halides is 2. The SMILES string of the molecule is Cc1ccc(F)c(NCc2nccn2C(F)F)c1F. The first-order valence-corrected chi connectivity index (χ1v) is 5.49. The lowest BCUT2D eigenvalue weighted by atomic mass is 10.2. The Morgan fingerprint density at radius 2 is 2.05 bits per heavy atom. The maximum atomic E-state index is 13.7. The molecule has 0 unspecified atom stereocenters. The van der Waals surface area contributed by atoms with Crippen molar-refractivity contribution in [2.24, 2.45) is 0 Å². The normalized spacial score (nSPS) is 11.1. The first kappa shape index (κ1) is 13.4. The number of aromatic nitrogens is 2. The van der Waals surface area contributed by atoms with Gasteiger partial charge in [0.05, 0.1) is 6.54 Å². The summed E-state index contributed by atoms with van der Waals surface area (Å²) in [6, 6.07) is 2.41. The summed E-state index contributed by atoms with van der Waals surface area (Å²) in [5.41, 5.74) is -0.0788. The molecule has 7 heteroatoms. The van der Waals surface area contributed by atoms with E-state index in [1.807, 2.05) is 0 Å². The zero-order chi connectivity index (χ0) is 14.0. The smallest absolute Gasteiger partial charge is 0.319 e. The molecule has 1 aromatic carbocycles. The van der Waals surface area contributed by atoms with Crippen LogP contribution in [-0.2, 0) is 6.54 Å². The maximum Gasteiger partial charge on any atom is 0.319 e. The van der Waals surface area contributed by atoms with Crippen LogP contribution in [0.25, 0.3) is 0 Å². The van der Waals surface area contributed by atoms with Crippen molar-refractivity contribution in [3.05, 3.63) is 47.5 Å². The Hall–Kier alpha value is -2.05. The number of anilines is 1. The van der Waals surface area contributed by atoms with E-state index >= 15 is 0 Å². The fourth-order valence-corrected chi connectivity index (χ4v) is 1.64. The Morgan fingerprint density at radius 3 is 2.74 bits per heavy atom. The van der Waals surface area contributed by atoms with Gasteiger partial charge >= 0.3 is 6.55 Å². The standard InChI is InChI=1S/C12H11F4N3/c1-7-2-3-8(13)11(10(7)14)18-6-9-17-4-5-19(9)12(15)16/h2-5,12,18H,6H2,1H3. The van der Waals surface area contributed by atoms with Gasteiger partial charge in [0.1, 0.15) is 17.3 Å². The van der Waals surface area contributed by atoms with Crippen molar-refractivity contribution < 1.29 is 17.6 Å². The van der Waals surface area contributed by atoms with Crippen LogP contribution in [0.5, 0.6) is 0 Å². The topological polar surface area (TPSA) is 29.9 Å². The van der Waals surface area contributed by atoms with Crippen molar-refractivity contribution in [3.63, 3.8) is 0 Å². The lowest BCUT2D eigenvalue weighted by Crippen LogP contribution is -2.11. The van der Waals surface area contributed by atoms with Crippen LogP contribution in [-0.4, -0.2) is 9.55 Å². The first-order chi connectivity index (χ1) is 9.00. The van der Waals surface area contributed by atoms with E-state index in [0.717, 1.165) is 12.3 Å². The average Bonchev–Trinajstić information content (AvgIpc) is 2.82. The lowest BCUT2D eigenvalue weighted by molar-refractivity contribution is 0.0673. The van der Waals surface area contributed by atoms with Gasteiger partial charge in [0, 0.05) is 12.4 Å². The highest BCUT2D eigenvalue weighted by atomic mass is 19.3. The van der Waals surface area contributed by atoms with Crippen molar-refractivity contribution in [2.75, 3.05) is 5.32 Å². The third-order valence-electron chi connectivity index (χ3n) is 2.67. The van der Waals surface area contributed by atoms with Gasteiger partial charge in [0.15, 0.2) is 5.82 Å². The number of nitrogens with zero attached hydrogens (tertiary/aromatic N) is 2. The van der Waals surface area contributed by atoms with Gasteiger partial charge in [-0.3, -0.25) is 4.57 Å². The molecule has 0 bridgehead atoms. The molecule has 19 heavy (non-hydrogen) atoms. The summed E-state index contributed by atoms with van der Waals surface area (Å²) in [5, 5.41) is 2.45. The van der Waals surface area contributed by atoms with Gasteiger partial charge in [-0.25, -0.2) is 13.8 Å². The largest absolute Gasteiger partial charge is 0.373 e. The van der Waals surface area contributed by atoms with Crippen molar-refractivity contribution in [2.45, 2.75) is 20.0 Å². The number of hydrogen-bond acceptors (Lipinski definition) is 2. The molecular formula is C12H11F4N3. The van der Waals surface area contributed by atoms with Crippen molar-refractivity contribution in [1.29, 1.82) is 0 Å². The zero-order valence-corrected chi connectivity index (χ0v) is 10.0. The minimum atomic E-state index is -2.74. The van der Waals surface area contributed by atoms with Gasteiger partial charge < -0.3 is 5.32 Å². The summed E-state index contributed by atoms with van der Waals surface area (Å²) in [5.74, 6) is -1.52. The van der Waals surface area contributed by atoms with Crippen LogP contribution in [0.1, 0.15) is 17.9 Å². The van der Waals surface area contributed by atoms with Crippen LogP contribution in [0, 0.1) is 18.6 Å². The predicted octanol–water partition coefficient (Wildman–Crippen LogP) is 3.48. The molecule has 0 spiro atoms. The Kier molecular flexibility index (Phi) is 3.73. The summed E-state index contributed by atoms with van der Waals surface area (Å²) < 4.78 is 52.8. The van der Waals surface area contributed by atoms with Crippen molar-refractivity contribution in [3.8, 4) is 0 Å². The molecule has 1 heterocycles. The zero-order valence-electron chi connectivity index (χ0n) is 10.0. The number of benzene rings is 1. The summed E-state index contributed by atoms with van der Waals surface area (Å²) in [7, 11) is 0. The molecule has 2 aromatic rings. The van der Waals surface area contributed by atoms with Crippen molar-refractivity contribution in [1.82, 2.24) is 9.55 Å². The van der Waals surface area contributed by atoms with Crippen LogP contribution in [0.4, 0.5) is 23.2 Å². The van der Waals surface area contributed by atoms with Crippen LogP contribution < -0.4 is 5.32 Å². The molecule has 0 aliphatic heterocycles. The Bertz CT molecular complexity index is 580. The number of rotatable bonds is 4. The monoisotopic (exact) mass is 273 g/mol. The van der Waals surface area contributed by atoms with Gasteiger partial charge in [0.2, 0.25) is 0 Å². The van der Waals surface area contributed by atoms with Crippen molar-refractivity contribution >= 4 is 5.69 Å². The third kappa shape index (κ3) is 2.69. The van der Waals surface area contributed by atoms with E-state index in [-0.39, 0.29) is 23.6 Å². The van der Waals surface area contributed by atoms with E-state index < -0.39 is 18.2 Å². The van der Waals surface area contributed by atoms with Gasteiger partial charge in [0.25, 0.3) is 0 Å². The molecule has 0 saturated carbocycles. The summed E-state index contributed by atoms with van der Waals surface area (Å²) in [6.45, 7) is -1.46. The molecular weight excluding hydrogens is 262 g/mol. The summed E-state index contributed by atoms with van der Waals surface area (Å²) in [4.78, 5) is 3.71. The number of hydrogen-bond donors (Lipinski definition) is 1. The van der Waals surface area contributed by atoms with E-state index in [9.17, 15) is 17.6 Å². The number of nitrogens with one attached hydrogen (secondary N) is 1. The van der Waals surface area contributed by atoms with Gasteiger partial charge in [-0.05, 0) is 18.6 Å². The number of imidazole rings is 1. The lowest BCUT2D eigenvalue weighted by Gasteiger charge is -2.11. The highest BCUT2D eigenvalue weighted by molar-refractivity contribution is 5.48. The fourth-order valence-electron chi connectivity index (χ4n) is 1.64. The van der Waals surface area contributed by atoms with Gasteiger partial charge in [-0.15, -0.1) is 0 Å². The molecule has 0 fully saturated rings. The van der Waals surface area contributed by atoms with Crippen LogP contribution in [0.3, 0.4) is 0 Å². The highest BCUT2D eigenvalue weighted by Crippen LogP contribution is 2.22. The summed E-state index contributed by atoms with van der Waals surface area (Å²) >= 11 is 0. The molecule has 0 radical (unpaired) electrons. The Labute approximate surface area is 106 Å². The van der Waals surface area contributed by atoms with E-state index in [2.05, 4.69) is 10.3 Å². The van der Waals surface area contributed by atoms with E-state index in [4.69, 9.17) is 0 Å². The molecule has 0 saturated heterocycles. The number of aryl methyl sites for hydroxylation is 1. The molecule has 2 rings (SSSR count). The van der Waals surface area contributed by atoms with Gasteiger partial charge in [-0.1, -0.05) is 6.07 Å². The minimum absolute atomic E-state index is 0.00435. The average molecular weight is 273 g/mol. The fraction of sp³-hybridized carbons (Fsp3) is 0.250. The second-order valence-corrected chi connectivity index (χ2v) is 3.94. The predicted molar refractivity (Wildman–Crippen MR) is 61.9 cm³/mol. The minimum Gasteiger partial charge on any atom is -0.373 e. The second kappa shape index (κ2) is 5.29. The number of halogens is 4. The van der Waals surface area contributed by atoms with Gasteiger partial charge in [-0.2, -0.15) is 8.78 Å². The molecule has 0 aliphatic carbocycles. The molecule has 1 aromatic heterocycles. The van der Waals surface area contributed by atoms with E-state index in [1.165, 1.54) is 19.2 Å². The second-order valence-electron chi connectivity index (χ2n) is 3.94. The quantitative estimate of drug-likeness (QED) is 0.864. The molecule has 3 nitrogen and oxygen atoms in total. The Balaban J connectivity index is 2.19. The maximum absolute atomic E-state index is 13.7. The van der Waals surface area contributed by atoms with E-state index in [0.29, 0.717) is 4.57 Å². The molecule has 0 aliphatic rings. The molecule has 102 valence electrons. The Morgan fingerprint density at radius 1 is 1.32 bits per heavy atom.